The number of hydrogen-bond donors (Lipinski definition) is 2. The lowest BCUT2D eigenvalue weighted by atomic mass is 10.3. The van der Waals surface area contributed by atoms with Crippen molar-refractivity contribution in [2.45, 2.75) is 11.7 Å². The number of carbonyl (C=O) groups excluding carboxylic acids is 1. The lowest BCUT2D eigenvalue weighted by Crippen LogP contribution is -2.29. The van der Waals surface area contributed by atoms with E-state index >= 15 is 0 Å². The van der Waals surface area contributed by atoms with E-state index in [1.807, 2.05) is 6.07 Å². The Bertz CT molecular complexity index is 967. The molecule has 3 aromatic rings. The maximum Gasteiger partial charge on any atom is 0.267 e. The lowest BCUT2D eigenvalue weighted by Gasteiger charge is -2.04. The molecule has 10 heteroatoms. The van der Waals surface area contributed by atoms with E-state index in [1.54, 1.807) is 18.3 Å². The first-order valence-corrected chi connectivity index (χ1v) is 8.09. The third-order valence-electron chi connectivity index (χ3n) is 3.42. The average Bonchev–Trinajstić information content (AvgIpc) is 3.25. The van der Waals surface area contributed by atoms with Crippen molar-refractivity contribution in [2.75, 3.05) is 11.1 Å². The SMILES string of the molecule is O=C(Nc1n[nH]c(-c2ccccn2)n1)c1cnc2n(c1=O)CCS2. The molecule has 4 heterocycles. The van der Waals surface area contributed by atoms with Gasteiger partial charge < -0.3 is 0 Å². The van der Waals surface area contributed by atoms with Crippen LogP contribution in [0.1, 0.15) is 10.4 Å². The quantitative estimate of drug-likeness (QED) is 0.676. The first-order chi connectivity index (χ1) is 11.7. The number of aromatic amines is 1. The zero-order valence-corrected chi connectivity index (χ0v) is 13.1. The Hall–Kier alpha value is -3.01. The summed E-state index contributed by atoms with van der Waals surface area (Å²) < 4.78 is 1.50. The van der Waals surface area contributed by atoms with Gasteiger partial charge in [0.1, 0.15) is 11.3 Å². The number of fused-ring (bicyclic) bond motifs is 1. The minimum absolute atomic E-state index is 0.0366. The number of H-pyrrole nitrogens is 1. The molecule has 9 nitrogen and oxygen atoms in total. The highest BCUT2D eigenvalue weighted by molar-refractivity contribution is 7.99. The van der Waals surface area contributed by atoms with Crippen LogP contribution in [0.15, 0.2) is 40.5 Å². The Morgan fingerprint density at radius 3 is 3.08 bits per heavy atom. The van der Waals surface area contributed by atoms with E-state index in [4.69, 9.17) is 0 Å². The average molecular weight is 341 g/mol. The number of carbonyl (C=O) groups is 1. The van der Waals surface area contributed by atoms with E-state index < -0.39 is 5.91 Å². The van der Waals surface area contributed by atoms with E-state index in [0.29, 0.717) is 23.2 Å². The first kappa shape index (κ1) is 14.6. The smallest absolute Gasteiger partial charge is 0.267 e. The monoisotopic (exact) mass is 341 g/mol. The molecule has 1 aliphatic rings. The number of nitrogens with one attached hydrogen (secondary N) is 2. The number of aromatic nitrogens is 6. The molecule has 1 amide bonds. The van der Waals surface area contributed by atoms with E-state index in [9.17, 15) is 9.59 Å². The van der Waals surface area contributed by atoms with Gasteiger partial charge in [-0.05, 0) is 12.1 Å². The second-order valence-corrected chi connectivity index (χ2v) is 6.00. The number of amides is 1. The van der Waals surface area contributed by atoms with Crippen molar-refractivity contribution in [1.29, 1.82) is 0 Å². The molecule has 3 aromatic heterocycles. The topological polar surface area (TPSA) is 118 Å². The number of thioether (sulfide) groups is 1. The van der Waals surface area contributed by atoms with Crippen LogP contribution in [0.3, 0.4) is 0 Å². The molecular weight excluding hydrogens is 330 g/mol. The minimum Gasteiger partial charge on any atom is -0.289 e. The van der Waals surface area contributed by atoms with Crippen LogP contribution in [0.5, 0.6) is 0 Å². The largest absolute Gasteiger partial charge is 0.289 e. The fourth-order valence-corrected chi connectivity index (χ4v) is 3.19. The van der Waals surface area contributed by atoms with Gasteiger partial charge in [-0.25, -0.2) is 4.98 Å². The molecule has 2 N–H and O–H groups in total. The zero-order chi connectivity index (χ0) is 16.5. The molecular formula is C14H11N7O2S. The van der Waals surface area contributed by atoms with Gasteiger partial charge in [0.25, 0.3) is 11.5 Å². The van der Waals surface area contributed by atoms with Crippen molar-refractivity contribution >= 4 is 23.6 Å². The van der Waals surface area contributed by atoms with Gasteiger partial charge in [-0.1, -0.05) is 17.8 Å². The summed E-state index contributed by atoms with van der Waals surface area (Å²) in [6.45, 7) is 0.553. The highest BCUT2D eigenvalue weighted by atomic mass is 32.2. The molecule has 0 saturated carbocycles. The van der Waals surface area contributed by atoms with Crippen LogP contribution in [-0.4, -0.2) is 41.4 Å². The van der Waals surface area contributed by atoms with E-state index in [0.717, 1.165) is 5.75 Å². The molecule has 24 heavy (non-hydrogen) atoms. The van der Waals surface area contributed by atoms with E-state index in [2.05, 4.69) is 30.5 Å². The van der Waals surface area contributed by atoms with Gasteiger partial charge in [0.15, 0.2) is 11.0 Å². The zero-order valence-electron chi connectivity index (χ0n) is 12.3. The highest BCUT2D eigenvalue weighted by Gasteiger charge is 2.21. The van der Waals surface area contributed by atoms with E-state index in [1.165, 1.54) is 22.5 Å². The molecule has 120 valence electrons. The third kappa shape index (κ3) is 2.56. The minimum atomic E-state index is -0.591. The molecule has 0 bridgehead atoms. The fraction of sp³-hybridized carbons (Fsp3) is 0.143. The van der Waals surface area contributed by atoms with Crippen molar-refractivity contribution in [3.63, 3.8) is 0 Å². The van der Waals surface area contributed by atoms with Crippen molar-refractivity contribution < 1.29 is 4.79 Å². The van der Waals surface area contributed by atoms with Crippen molar-refractivity contribution in [2.24, 2.45) is 0 Å². The van der Waals surface area contributed by atoms with Crippen LogP contribution in [0.25, 0.3) is 11.5 Å². The Balaban J connectivity index is 1.57. The summed E-state index contributed by atoms with van der Waals surface area (Å²) in [5, 5.41) is 9.74. The number of pyridine rings is 1. The molecule has 4 rings (SSSR count). The summed E-state index contributed by atoms with van der Waals surface area (Å²) in [6, 6.07) is 5.37. The van der Waals surface area contributed by atoms with Gasteiger partial charge >= 0.3 is 0 Å². The second-order valence-electron chi connectivity index (χ2n) is 4.94. The Labute approximate surface area is 139 Å². The standard InChI is InChI=1S/C14H11N7O2S/c22-11(8-7-16-14-21(12(8)23)5-6-24-14)18-13-17-10(19-20-13)9-3-1-2-4-15-9/h1-4,7H,5-6H2,(H2,17,18,19,20,22). The van der Waals surface area contributed by atoms with Gasteiger partial charge in [-0.3, -0.25) is 29.6 Å². The molecule has 0 aliphatic carbocycles. The van der Waals surface area contributed by atoms with Crippen molar-refractivity contribution in [3.8, 4) is 11.5 Å². The first-order valence-electron chi connectivity index (χ1n) is 7.10. The summed E-state index contributed by atoms with van der Waals surface area (Å²) in [6.07, 6.45) is 2.92. The molecule has 0 saturated heterocycles. The molecule has 0 spiro atoms. The molecule has 0 unspecified atom stereocenters. The molecule has 0 aromatic carbocycles. The van der Waals surface area contributed by atoms with Crippen LogP contribution in [0.4, 0.5) is 5.95 Å². The molecule has 0 radical (unpaired) electrons. The van der Waals surface area contributed by atoms with Crippen LogP contribution >= 0.6 is 11.8 Å². The normalized spacial score (nSPS) is 12.8. The summed E-state index contributed by atoms with van der Waals surface area (Å²) in [5.74, 6) is 0.680. The lowest BCUT2D eigenvalue weighted by molar-refractivity contribution is 0.102. The summed E-state index contributed by atoms with van der Waals surface area (Å²) in [5.41, 5.74) is 0.204. The summed E-state index contributed by atoms with van der Waals surface area (Å²) in [4.78, 5) is 37.0. The number of anilines is 1. The van der Waals surface area contributed by atoms with Crippen LogP contribution in [0, 0.1) is 0 Å². The Morgan fingerprint density at radius 2 is 2.25 bits per heavy atom. The Kier molecular flexibility index (Phi) is 3.58. The van der Waals surface area contributed by atoms with E-state index in [-0.39, 0.29) is 17.1 Å². The molecule has 1 aliphatic heterocycles. The third-order valence-corrected chi connectivity index (χ3v) is 4.39. The van der Waals surface area contributed by atoms with Gasteiger partial charge in [-0.2, -0.15) is 4.98 Å². The number of nitrogens with zero attached hydrogens (tertiary/aromatic N) is 5. The highest BCUT2D eigenvalue weighted by Crippen LogP contribution is 2.20. The summed E-state index contributed by atoms with van der Waals surface area (Å²) >= 11 is 1.49. The summed E-state index contributed by atoms with van der Waals surface area (Å²) in [7, 11) is 0. The van der Waals surface area contributed by atoms with Gasteiger partial charge in [0, 0.05) is 24.7 Å². The second kappa shape index (κ2) is 5.89. The predicted octanol–water partition coefficient (Wildman–Crippen LogP) is 0.781. The van der Waals surface area contributed by atoms with Crippen LogP contribution < -0.4 is 10.9 Å². The van der Waals surface area contributed by atoms with Crippen LogP contribution in [0.2, 0.25) is 0 Å². The van der Waals surface area contributed by atoms with Gasteiger partial charge in [0.05, 0.1) is 0 Å². The maximum absolute atomic E-state index is 12.3. The molecule has 0 fully saturated rings. The molecule has 0 atom stereocenters. The number of rotatable bonds is 3. The predicted molar refractivity (Wildman–Crippen MR) is 86.8 cm³/mol. The van der Waals surface area contributed by atoms with Gasteiger partial charge in [-0.15, -0.1) is 5.10 Å². The maximum atomic E-state index is 12.3. The van der Waals surface area contributed by atoms with Crippen molar-refractivity contribution in [3.05, 3.63) is 46.5 Å². The number of hydrogen-bond acceptors (Lipinski definition) is 7. The van der Waals surface area contributed by atoms with Crippen LogP contribution in [-0.2, 0) is 6.54 Å². The fourth-order valence-electron chi connectivity index (χ4n) is 2.28. The Morgan fingerprint density at radius 1 is 1.33 bits per heavy atom. The van der Waals surface area contributed by atoms with Gasteiger partial charge in [0.2, 0.25) is 5.95 Å². The van der Waals surface area contributed by atoms with Crippen molar-refractivity contribution in [1.82, 2.24) is 29.7 Å².